The zero-order valence-electron chi connectivity index (χ0n) is 19.0. The molecule has 2 aromatic rings. The monoisotopic (exact) mass is 464 g/mol. The normalized spacial score (nSPS) is 12.5. The van der Waals surface area contributed by atoms with Crippen LogP contribution in [0.5, 0.6) is 5.75 Å². The van der Waals surface area contributed by atoms with Crippen LogP contribution in [-0.4, -0.2) is 47.3 Å². The average molecular weight is 465 g/mol. The fourth-order valence-corrected chi connectivity index (χ4v) is 4.24. The number of sulfonamides is 1. The van der Waals surface area contributed by atoms with Crippen LogP contribution < -0.4 is 14.8 Å². The van der Waals surface area contributed by atoms with Crippen molar-refractivity contribution >= 4 is 21.6 Å². The van der Waals surface area contributed by atoms with Crippen molar-refractivity contribution in [2.45, 2.75) is 38.3 Å². The standard InChI is InChI=1S/C23H32N2O6S/c1-5-30-13-14-31-16-18-7-6-8-19(15-18)24-23(26)22(17(2)3)25-32(27,28)21-11-9-20(29-4)10-12-21/h6-12,15,17,22,25H,5,13-14,16H2,1-4H3,(H,24,26)/t22-/m0/s1. The van der Waals surface area contributed by atoms with Crippen LogP contribution in [0, 0.1) is 5.92 Å². The lowest BCUT2D eigenvalue weighted by Crippen LogP contribution is -2.47. The summed E-state index contributed by atoms with van der Waals surface area (Å²) in [6.07, 6.45) is 0. The van der Waals surface area contributed by atoms with Crippen molar-refractivity contribution in [3.63, 3.8) is 0 Å². The molecule has 176 valence electrons. The van der Waals surface area contributed by atoms with Gasteiger partial charge in [0.05, 0.1) is 31.8 Å². The minimum Gasteiger partial charge on any atom is -0.497 e. The van der Waals surface area contributed by atoms with Crippen molar-refractivity contribution in [1.29, 1.82) is 0 Å². The van der Waals surface area contributed by atoms with Gasteiger partial charge in [-0.05, 0) is 54.8 Å². The first kappa shape index (κ1) is 25.8. The first-order chi connectivity index (χ1) is 15.3. The minimum absolute atomic E-state index is 0.0583. The number of anilines is 1. The van der Waals surface area contributed by atoms with Crippen LogP contribution >= 0.6 is 0 Å². The molecule has 0 aliphatic carbocycles. The third kappa shape index (κ3) is 7.90. The first-order valence-electron chi connectivity index (χ1n) is 10.5. The Labute approximate surface area is 190 Å². The summed E-state index contributed by atoms with van der Waals surface area (Å²) in [6, 6.07) is 12.3. The van der Waals surface area contributed by atoms with Crippen LogP contribution in [0.1, 0.15) is 26.3 Å². The van der Waals surface area contributed by atoms with E-state index in [2.05, 4.69) is 10.0 Å². The van der Waals surface area contributed by atoms with E-state index in [9.17, 15) is 13.2 Å². The van der Waals surface area contributed by atoms with E-state index < -0.39 is 22.0 Å². The molecule has 0 heterocycles. The summed E-state index contributed by atoms with van der Waals surface area (Å²) in [5, 5.41) is 2.80. The molecule has 0 spiro atoms. The summed E-state index contributed by atoms with van der Waals surface area (Å²) in [5.41, 5.74) is 1.45. The molecule has 0 bridgehead atoms. The van der Waals surface area contributed by atoms with Gasteiger partial charge in [-0.25, -0.2) is 8.42 Å². The van der Waals surface area contributed by atoms with Crippen LogP contribution in [-0.2, 0) is 30.9 Å². The molecule has 0 saturated heterocycles. The molecular weight excluding hydrogens is 432 g/mol. The van der Waals surface area contributed by atoms with Crippen molar-refractivity contribution in [3.8, 4) is 5.75 Å². The average Bonchev–Trinajstić information content (AvgIpc) is 2.77. The van der Waals surface area contributed by atoms with Gasteiger partial charge >= 0.3 is 0 Å². The SMILES string of the molecule is CCOCCOCc1cccc(NC(=O)[C@@H](NS(=O)(=O)c2ccc(OC)cc2)C(C)C)c1. The molecule has 9 heteroatoms. The van der Waals surface area contributed by atoms with Crippen molar-refractivity contribution in [2.24, 2.45) is 5.92 Å². The molecule has 0 aliphatic heterocycles. The Bertz CT molecular complexity index is 961. The van der Waals surface area contributed by atoms with Crippen molar-refractivity contribution in [1.82, 2.24) is 4.72 Å². The van der Waals surface area contributed by atoms with E-state index in [0.717, 1.165) is 5.56 Å². The maximum Gasteiger partial charge on any atom is 0.242 e. The van der Waals surface area contributed by atoms with Gasteiger partial charge in [0.2, 0.25) is 15.9 Å². The number of carbonyl (C=O) groups is 1. The van der Waals surface area contributed by atoms with Crippen molar-refractivity contribution in [3.05, 3.63) is 54.1 Å². The minimum atomic E-state index is -3.89. The van der Waals surface area contributed by atoms with E-state index >= 15 is 0 Å². The third-order valence-corrected chi connectivity index (χ3v) is 6.10. The molecular formula is C23H32N2O6S. The lowest BCUT2D eigenvalue weighted by molar-refractivity contribution is -0.118. The molecule has 0 fully saturated rings. The summed E-state index contributed by atoms with van der Waals surface area (Å²) in [7, 11) is -2.39. The van der Waals surface area contributed by atoms with Crippen LogP contribution in [0.2, 0.25) is 0 Å². The zero-order chi connectivity index (χ0) is 23.6. The first-order valence-corrected chi connectivity index (χ1v) is 12.0. The Balaban J connectivity index is 2.04. The second-order valence-corrected chi connectivity index (χ2v) is 9.17. The van der Waals surface area contributed by atoms with E-state index in [1.807, 2.05) is 19.1 Å². The molecule has 2 N–H and O–H groups in total. The number of hydrogen-bond donors (Lipinski definition) is 2. The number of benzene rings is 2. The largest absolute Gasteiger partial charge is 0.497 e. The topological polar surface area (TPSA) is 103 Å². The molecule has 0 radical (unpaired) electrons. The predicted octanol–water partition coefficient (Wildman–Crippen LogP) is 3.19. The lowest BCUT2D eigenvalue weighted by Gasteiger charge is -2.22. The van der Waals surface area contributed by atoms with E-state index in [0.29, 0.717) is 37.9 Å². The quantitative estimate of drug-likeness (QED) is 0.442. The Morgan fingerprint density at radius 3 is 2.34 bits per heavy atom. The van der Waals surface area contributed by atoms with Crippen LogP contribution in [0.15, 0.2) is 53.4 Å². The van der Waals surface area contributed by atoms with Crippen molar-refractivity contribution < 1.29 is 27.4 Å². The molecule has 0 saturated carbocycles. The van der Waals surface area contributed by atoms with E-state index in [-0.39, 0.29) is 10.8 Å². The number of carbonyl (C=O) groups excluding carboxylic acids is 1. The second kappa shape index (κ2) is 12.5. The predicted molar refractivity (Wildman–Crippen MR) is 123 cm³/mol. The summed E-state index contributed by atoms with van der Waals surface area (Å²) >= 11 is 0. The molecule has 8 nitrogen and oxygen atoms in total. The Morgan fingerprint density at radius 1 is 1.03 bits per heavy atom. The number of ether oxygens (including phenoxy) is 3. The maximum absolute atomic E-state index is 12.9. The third-order valence-electron chi connectivity index (χ3n) is 4.64. The van der Waals surface area contributed by atoms with Crippen molar-refractivity contribution in [2.75, 3.05) is 32.2 Å². The summed E-state index contributed by atoms with van der Waals surface area (Å²) < 4.78 is 44.0. The van der Waals surface area contributed by atoms with Gasteiger partial charge in [-0.15, -0.1) is 0 Å². The fraction of sp³-hybridized carbons (Fsp3) is 0.435. The smallest absolute Gasteiger partial charge is 0.242 e. The molecule has 2 rings (SSSR count). The Hall–Kier alpha value is -2.46. The van der Waals surface area contributed by atoms with E-state index in [1.54, 1.807) is 38.1 Å². The molecule has 2 aromatic carbocycles. The molecule has 0 aromatic heterocycles. The molecule has 0 unspecified atom stereocenters. The molecule has 0 aliphatic rings. The van der Waals surface area contributed by atoms with Gasteiger partial charge < -0.3 is 19.5 Å². The highest BCUT2D eigenvalue weighted by Crippen LogP contribution is 2.18. The highest BCUT2D eigenvalue weighted by molar-refractivity contribution is 7.89. The summed E-state index contributed by atoms with van der Waals surface area (Å²) in [5.74, 6) is -0.163. The van der Waals surface area contributed by atoms with Gasteiger partial charge in [-0.1, -0.05) is 26.0 Å². The lowest BCUT2D eigenvalue weighted by atomic mass is 10.0. The number of methoxy groups -OCH3 is 1. The molecule has 32 heavy (non-hydrogen) atoms. The van der Waals surface area contributed by atoms with Gasteiger partial charge in [0.25, 0.3) is 0 Å². The van der Waals surface area contributed by atoms with Gasteiger partial charge in [0.1, 0.15) is 11.8 Å². The Morgan fingerprint density at radius 2 is 1.72 bits per heavy atom. The highest BCUT2D eigenvalue weighted by Gasteiger charge is 2.28. The van der Waals surface area contributed by atoms with Crippen LogP contribution in [0.4, 0.5) is 5.69 Å². The Kier molecular flexibility index (Phi) is 10.1. The molecule has 1 amide bonds. The summed E-state index contributed by atoms with van der Waals surface area (Å²) in [4.78, 5) is 13.0. The molecule has 1 atom stereocenters. The number of hydrogen-bond acceptors (Lipinski definition) is 6. The second-order valence-electron chi connectivity index (χ2n) is 7.46. The summed E-state index contributed by atoms with van der Waals surface area (Å²) in [6.45, 7) is 7.52. The van der Waals surface area contributed by atoms with Crippen LogP contribution in [0.3, 0.4) is 0 Å². The van der Waals surface area contributed by atoms with Gasteiger partial charge in [-0.2, -0.15) is 4.72 Å². The number of nitrogens with one attached hydrogen (secondary N) is 2. The van der Waals surface area contributed by atoms with Gasteiger partial charge in [0, 0.05) is 12.3 Å². The van der Waals surface area contributed by atoms with Crippen LogP contribution in [0.25, 0.3) is 0 Å². The maximum atomic E-state index is 12.9. The number of amides is 1. The zero-order valence-corrected chi connectivity index (χ0v) is 19.8. The van der Waals surface area contributed by atoms with E-state index in [4.69, 9.17) is 14.2 Å². The van der Waals surface area contributed by atoms with Gasteiger partial charge in [0.15, 0.2) is 0 Å². The van der Waals surface area contributed by atoms with E-state index in [1.165, 1.54) is 19.2 Å². The number of rotatable bonds is 13. The highest BCUT2D eigenvalue weighted by atomic mass is 32.2. The fourth-order valence-electron chi connectivity index (χ4n) is 2.89. The van der Waals surface area contributed by atoms with Gasteiger partial charge in [-0.3, -0.25) is 4.79 Å².